The van der Waals surface area contributed by atoms with Crippen molar-refractivity contribution in [3.63, 3.8) is 0 Å². The van der Waals surface area contributed by atoms with E-state index < -0.39 is 0 Å². The molecule has 0 bridgehead atoms. The summed E-state index contributed by atoms with van der Waals surface area (Å²) >= 11 is 0. The number of carbonyl (C=O) groups excluding carboxylic acids is 1. The van der Waals surface area contributed by atoms with Gasteiger partial charge in [-0.2, -0.15) is 0 Å². The van der Waals surface area contributed by atoms with Crippen molar-refractivity contribution in [2.24, 2.45) is 0 Å². The molecule has 0 saturated heterocycles. The second kappa shape index (κ2) is 8.34. The zero-order valence-electron chi connectivity index (χ0n) is 14.0. The molecule has 0 heterocycles. The summed E-state index contributed by atoms with van der Waals surface area (Å²) in [5.41, 5.74) is 2.41. The van der Waals surface area contributed by atoms with Gasteiger partial charge in [0.25, 0.3) is 5.91 Å². The largest absolute Gasteiger partial charge is 0.484 e. The summed E-state index contributed by atoms with van der Waals surface area (Å²) in [6.07, 6.45) is 0. The van der Waals surface area contributed by atoms with Gasteiger partial charge in [0, 0.05) is 6.54 Å². The molecule has 0 aliphatic heterocycles. The third-order valence-electron chi connectivity index (χ3n) is 3.69. The van der Waals surface area contributed by atoms with Gasteiger partial charge in [-0.05, 0) is 38.7 Å². The minimum atomic E-state index is -0.118. The van der Waals surface area contributed by atoms with Crippen LogP contribution in [-0.2, 0) is 4.79 Å². The van der Waals surface area contributed by atoms with Crippen LogP contribution in [0.15, 0.2) is 54.6 Å². The van der Waals surface area contributed by atoms with Crippen LogP contribution in [0.3, 0.4) is 0 Å². The van der Waals surface area contributed by atoms with Gasteiger partial charge in [-0.1, -0.05) is 48.0 Å². The van der Waals surface area contributed by atoms with E-state index in [0.717, 1.165) is 0 Å². The van der Waals surface area contributed by atoms with Crippen LogP contribution < -0.4 is 10.1 Å². The van der Waals surface area contributed by atoms with Crippen LogP contribution in [0, 0.1) is 6.92 Å². The lowest BCUT2D eigenvalue weighted by Gasteiger charge is -2.25. The minimum Gasteiger partial charge on any atom is -0.484 e. The van der Waals surface area contributed by atoms with Gasteiger partial charge >= 0.3 is 0 Å². The summed E-state index contributed by atoms with van der Waals surface area (Å²) < 4.78 is 5.46. The molecule has 0 saturated carbocycles. The number of para-hydroxylation sites is 1. The van der Waals surface area contributed by atoms with Crippen LogP contribution >= 0.6 is 0 Å². The third kappa shape index (κ3) is 5.42. The molecule has 122 valence electrons. The summed E-state index contributed by atoms with van der Waals surface area (Å²) in [5, 5.41) is 2.94. The van der Waals surface area contributed by atoms with E-state index >= 15 is 0 Å². The molecule has 0 aliphatic carbocycles. The number of carbonyl (C=O) groups is 1. The zero-order chi connectivity index (χ0) is 16.7. The maximum absolute atomic E-state index is 12.0. The number of nitrogens with one attached hydrogen (secondary N) is 1. The van der Waals surface area contributed by atoms with E-state index in [-0.39, 0.29) is 18.6 Å². The number of rotatable bonds is 7. The van der Waals surface area contributed by atoms with E-state index in [9.17, 15) is 4.79 Å². The van der Waals surface area contributed by atoms with Crippen molar-refractivity contribution in [3.8, 4) is 5.75 Å². The molecule has 0 spiro atoms. The van der Waals surface area contributed by atoms with Crippen molar-refractivity contribution in [2.75, 3.05) is 27.2 Å². The van der Waals surface area contributed by atoms with E-state index in [1.165, 1.54) is 11.1 Å². The van der Waals surface area contributed by atoms with Crippen molar-refractivity contribution >= 4 is 5.91 Å². The first-order valence-corrected chi connectivity index (χ1v) is 7.74. The van der Waals surface area contributed by atoms with Crippen molar-refractivity contribution in [2.45, 2.75) is 13.0 Å². The van der Waals surface area contributed by atoms with E-state index in [0.29, 0.717) is 12.3 Å². The van der Waals surface area contributed by atoms with Crippen LogP contribution in [0.1, 0.15) is 17.2 Å². The Balaban J connectivity index is 1.86. The van der Waals surface area contributed by atoms with Gasteiger partial charge in [0.05, 0.1) is 6.04 Å². The maximum atomic E-state index is 12.0. The molecule has 0 unspecified atom stereocenters. The summed E-state index contributed by atoms with van der Waals surface area (Å²) in [5.74, 6) is 0.582. The Labute approximate surface area is 138 Å². The maximum Gasteiger partial charge on any atom is 0.258 e. The van der Waals surface area contributed by atoms with Gasteiger partial charge in [-0.25, -0.2) is 0 Å². The van der Waals surface area contributed by atoms with Crippen molar-refractivity contribution < 1.29 is 9.53 Å². The molecule has 23 heavy (non-hydrogen) atoms. The van der Waals surface area contributed by atoms with Gasteiger partial charge in [-0.3, -0.25) is 4.79 Å². The summed E-state index contributed by atoms with van der Waals surface area (Å²) in [6, 6.07) is 17.9. The average molecular weight is 312 g/mol. The SMILES string of the molecule is Cc1ccc([C@@H](CNC(=O)COc2ccccc2)N(C)C)cc1. The Bertz CT molecular complexity index is 609. The highest BCUT2D eigenvalue weighted by Gasteiger charge is 2.15. The standard InChI is InChI=1S/C19H24N2O2/c1-15-9-11-16(12-10-15)18(21(2)3)13-20-19(22)14-23-17-7-5-4-6-8-17/h4-12,18H,13-14H2,1-3H3,(H,20,22)/t18-/m1/s1. The molecule has 2 aromatic rings. The second-order valence-electron chi connectivity index (χ2n) is 5.80. The molecule has 1 atom stereocenters. The topological polar surface area (TPSA) is 41.6 Å². The highest BCUT2D eigenvalue weighted by Crippen LogP contribution is 2.17. The van der Waals surface area contributed by atoms with Crippen LogP contribution in [-0.4, -0.2) is 38.1 Å². The lowest BCUT2D eigenvalue weighted by molar-refractivity contribution is -0.123. The Hall–Kier alpha value is -2.33. The fourth-order valence-electron chi connectivity index (χ4n) is 2.31. The predicted octanol–water partition coefficient (Wildman–Crippen LogP) is 2.79. The molecule has 1 N–H and O–H groups in total. The second-order valence-corrected chi connectivity index (χ2v) is 5.80. The highest BCUT2D eigenvalue weighted by atomic mass is 16.5. The molecule has 1 amide bonds. The molecular weight excluding hydrogens is 288 g/mol. The van der Waals surface area contributed by atoms with Gasteiger partial charge in [0.1, 0.15) is 5.75 Å². The van der Waals surface area contributed by atoms with Gasteiger partial charge in [-0.15, -0.1) is 0 Å². The number of nitrogens with zero attached hydrogens (tertiary/aromatic N) is 1. The lowest BCUT2D eigenvalue weighted by atomic mass is 10.0. The first kappa shape index (κ1) is 17.0. The number of hydrogen-bond acceptors (Lipinski definition) is 3. The molecular formula is C19H24N2O2. The first-order chi connectivity index (χ1) is 11.1. The molecule has 2 rings (SSSR count). The molecule has 4 heteroatoms. The zero-order valence-corrected chi connectivity index (χ0v) is 14.0. The summed E-state index contributed by atoms with van der Waals surface area (Å²) in [4.78, 5) is 14.1. The van der Waals surface area contributed by atoms with E-state index in [1.807, 2.05) is 44.4 Å². The number of aryl methyl sites for hydroxylation is 1. The predicted molar refractivity (Wildman–Crippen MR) is 92.6 cm³/mol. The number of benzene rings is 2. The van der Waals surface area contributed by atoms with Crippen LogP contribution in [0.25, 0.3) is 0 Å². The Kier molecular flexibility index (Phi) is 6.18. The number of ether oxygens (including phenoxy) is 1. The Morgan fingerprint density at radius 3 is 2.35 bits per heavy atom. The number of likely N-dealkylation sites (N-methyl/N-ethyl adjacent to an activating group) is 1. The third-order valence-corrected chi connectivity index (χ3v) is 3.69. The van der Waals surface area contributed by atoms with Crippen molar-refractivity contribution in [1.82, 2.24) is 10.2 Å². The van der Waals surface area contributed by atoms with Gasteiger partial charge < -0.3 is 15.0 Å². The van der Waals surface area contributed by atoms with Crippen molar-refractivity contribution in [1.29, 1.82) is 0 Å². The number of amides is 1. The van der Waals surface area contributed by atoms with Crippen molar-refractivity contribution in [3.05, 3.63) is 65.7 Å². The van der Waals surface area contributed by atoms with Crippen LogP contribution in [0.5, 0.6) is 5.75 Å². The molecule has 0 radical (unpaired) electrons. The Morgan fingerprint density at radius 1 is 1.09 bits per heavy atom. The monoisotopic (exact) mass is 312 g/mol. The molecule has 4 nitrogen and oxygen atoms in total. The summed E-state index contributed by atoms with van der Waals surface area (Å²) in [6.45, 7) is 2.64. The highest BCUT2D eigenvalue weighted by molar-refractivity contribution is 5.77. The smallest absolute Gasteiger partial charge is 0.258 e. The van der Waals surface area contributed by atoms with E-state index in [4.69, 9.17) is 4.74 Å². The van der Waals surface area contributed by atoms with Gasteiger partial charge in [0.2, 0.25) is 0 Å². The van der Waals surface area contributed by atoms with E-state index in [1.54, 1.807) is 0 Å². The minimum absolute atomic E-state index is 0.0259. The van der Waals surface area contributed by atoms with Crippen LogP contribution in [0.2, 0.25) is 0 Å². The quantitative estimate of drug-likeness (QED) is 0.855. The molecule has 0 fully saturated rings. The van der Waals surface area contributed by atoms with Gasteiger partial charge in [0.15, 0.2) is 6.61 Å². The summed E-state index contributed by atoms with van der Waals surface area (Å²) in [7, 11) is 4.02. The Morgan fingerprint density at radius 2 is 1.74 bits per heavy atom. The molecule has 0 aliphatic rings. The normalized spacial score (nSPS) is 12.0. The lowest BCUT2D eigenvalue weighted by Crippen LogP contribution is -2.36. The first-order valence-electron chi connectivity index (χ1n) is 7.74. The average Bonchev–Trinajstić information content (AvgIpc) is 2.55. The fraction of sp³-hybridized carbons (Fsp3) is 0.316. The number of hydrogen-bond donors (Lipinski definition) is 1. The van der Waals surface area contributed by atoms with Crippen LogP contribution in [0.4, 0.5) is 0 Å². The molecule has 0 aromatic heterocycles. The molecule has 2 aromatic carbocycles. The van der Waals surface area contributed by atoms with E-state index in [2.05, 4.69) is 41.4 Å². The fourth-order valence-corrected chi connectivity index (χ4v) is 2.31.